The minimum Gasteiger partial charge on any atom is -0.490 e. The summed E-state index contributed by atoms with van der Waals surface area (Å²) in [7, 11) is 0. The molecule has 1 aliphatic heterocycles. The van der Waals surface area contributed by atoms with Gasteiger partial charge in [0.2, 0.25) is 5.91 Å². The van der Waals surface area contributed by atoms with E-state index in [1.807, 2.05) is 13.0 Å². The molecule has 26 heavy (non-hydrogen) atoms. The molecule has 0 atom stereocenters. The van der Waals surface area contributed by atoms with Crippen LogP contribution in [0.4, 0.5) is 5.69 Å². The number of esters is 1. The molecule has 3 rings (SSSR count). The average Bonchev–Trinajstić information content (AvgIpc) is 3.07. The molecule has 136 valence electrons. The number of anilines is 1. The number of amides is 1. The first kappa shape index (κ1) is 18.3. The Morgan fingerprint density at radius 3 is 2.65 bits per heavy atom. The highest BCUT2D eigenvalue weighted by atomic mass is 35.5. The van der Waals surface area contributed by atoms with Crippen LogP contribution in [0.15, 0.2) is 42.5 Å². The molecule has 1 heterocycles. The molecule has 0 aliphatic carbocycles. The number of hydrogen-bond acceptors (Lipinski definition) is 4. The number of halogens is 1. The van der Waals surface area contributed by atoms with Gasteiger partial charge in [-0.25, -0.2) is 4.79 Å². The second-order valence-corrected chi connectivity index (χ2v) is 6.41. The maximum absolute atomic E-state index is 12.6. The number of carbonyl (C=O) groups excluding carboxylic acids is 2. The lowest BCUT2D eigenvalue weighted by Gasteiger charge is -2.18. The molecular formula is C20H20ClNO4. The summed E-state index contributed by atoms with van der Waals surface area (Å²) in [6, 6.07) is 11.8. The smallest absolute Gasteiger partial charge is 0.343 e. The molecule has 2 aromatic carbocycles. The lowest BCUT2D eigenvalue weighted by molar-refractivity contribution is -0.117. The van der Waals surface area contributed by atoms with Crippen molar-refractivity contribution in [3.8, 4) is 11.5 Å². The number of hydrogen-bond donors (Lipinski definition) is 0. The van der Waals surface area contributed by atoms with Crippen LogP contribution in [-0.4, -0.2) is 25.0 Å². The Bertz CT molecular complexity index is 821. The third-order valence-electron chi connectivity index (χ3n) is 4.06. The van der Waals surface area contributed by atoms with Crippen molar-refractivity contribution in [3.63, 3.8) is 0 Å². The van der Waals surface area contributed by atoms with Gasteiger partial charge in [-0.2, -0.15) is 0 Å². The fraction of sp³-hybridized carbons (Fsp3) is 0.300. The normalized spacial score (nSPS) is 13.8. The largest absolute Gasteiger partial charge is 0.490 e. The van der Waals surface area contributed by atoms with Gasteiger partial charge in [0, 0.05) is 13.0 Å². The number of carbonyl (C=O) groups is 2. The van der Waals surface area contributed by atoms with E-state index in [0.717, 1.165) is 12.8 Å². The molecule has 1 amide bonds. The van der Waals surface area contributed by atoms with Crippen LogP contribution in [0.5, 0.6) is 11.5 Å². The van der Waals surface area contributed by atoms with Gasteiger partial charge >= 0.3 is 5.97 Å². The number of benzene rings is 2. The highest BCUT2D eigenvalue weighted by molar-refractivity contribution is 6.34. The maximum Gasteiger partial charge on any atom is 0.343 e. The van der Waals surface area contributed by atoms with Crippen molar-refractivity contribution in [2.75, 3.05) is 18.1 Å². The van der Waals surface area contributed by atoms with Crippen molar-refractivity contribution in [3.05, 3.63) is 53.1 Å². The van der Waals surface area contributed by atoms with Crippen LogP contribution in [0.25, 0.3) is 0 Å². The predicted octanol–water partition coefficient (Wildman–Crippen LogP) is 4.47. The molecule has 5 nitrogen and oxygen atoms in total. The maximum atomic E-state index is 12.6. The molecule has 2 aromatic rings. The van der Waals surface area contributed by atoms with E-state index in [9.17, 15) is 9.59 Å². The lowest BCUT2D eigenvalue weighted by atomic mass is 10.2. The van der Waals surface area contributed by atoms with Gasteiger partial charge < -0.3 is 14.4 Å². The Morgan fingerprint density at radius 2 is 1.96 bits per heavy atom. The minimum absolute atomic E-state index is 0.00993. The van der Waals surface area contributed by atoms with Crippen molar-refractivity contribution in [1.82, 2.24) is 0 Å². The lowest BCUT2D eigenvalue weighted by Crippen LogP contribution is -2.24. The molecule has 0 N–H and O–H groups in total. The van der Waals surface area contributed by atoms with Crippen LogP contribution in [0, 0.1) is 0 Å². The van der Waals surface area contributed by atoms with Gasteiger partial charge in [-0.15, -0.1) is 0 Å². The number of rotatable bonds is 6. The van der Waals surface area contributed by atoms with Gasteiger partial charge in [-0.05, 0) is 43.2 Å². The Balaban J connectivity index is 1.82. The van der Waals surface area contributed by atoms with E-state index in [-0.39, 0.29) is 5.91 Å². The van der Waals surface area contributed by atoms with Crippen LogP contribution in [-0.2, 0) is 4.79 Å². The van der Waals surface area contributed by atoms with Crippen LogP contribution < -0.4 is 14.4 Å². The standard InChI is InChI=1S/C20H20ClNO4/c1-2-12-25-17-6-3-4-7-18(17)26-20(24)14-9-10-15(21)16(13-14)22-11-5-8-19(22)23/h3-4,6-7,9-10,13H,2,5,8,11-12H2,1H3. The van der Waals surface area contributed by atoms with Crippen molar-refractivity contribution in [2.45, 2.75) is 26.2 Å². The summed E-state index contributed by atoms with van der Waals surface area (Å²) in [6.07, 6.45) is 2.13. The van der Waals surface area contributed by atoms with Crippen LogP contribution >= 0.6 is 11.6 Å². The van der Waals surface area contributed by atoms with Crippen molar-refractivity contribution < 1.29 is 19.1 Å². The van der Waals surface area contributed by atoms with Gasteiger partial charge in [0.1, 0.15) is 0 Å². The third kappa shape index (κ3) is 3.99. The van der Waals surface area contributed by atoms with Gasteiger partial charge in [0.15, 0.2) is 11.5 Å². The second kappa shape index (κ2) is 8.23. The summed E-state index contributed by atoms with van der Waals surface area (Å²) in [5.41, 5.74) is 0.869. The highest BCUT2D eigenvalue weighted by Gasteiger charge is 2.25. The van der Waals surface area contributed by atoms with Crippen LogP contribution in [0.1, 0.15) is 36.5 Å². The molecule has 0 bridgehead atoms. The van der Waals surface area contributed by atoms with Crippen LogP contribution in [0.2, 0.25) is 5.02 Å². The quantitative estimate of drug-likeness (QED) is 0.553. The summed E-state index contributed by atoms with van der Waals surface area (Å²) in [5, 5.41) is 0.434. The molecule has 0 radical (unpaired) electrons. The topological polar surface area (TPSA) is 55.8 Å². The van der Waals surface area contributed by atoms with Gasteiger partial charge in [-0.1, -0.05) is 30.7 Å². The molecule has 0 saturated carbocycles. The van der Waals surface area contributed by atoms with Gasteiger partial charge in [0.05, 0.1) is 22.9 Å². The second-order valence-electron chi connectivity index (χ2n) is 6.00. The SMILES string of the molecule is CCCOc1ccccc1OC(=O)c1ccc(Cl)c(N2CCCC2=O)c1. The third-order valence-corrected chi connectivity index (χ3v) is 4.38. The monoisotopic (exact) mass is 373 g/mol. The molecule has 0 spiro atoms. The summed E-state index contributed by atoms with van der Waals surface area (Å²) in [6.45, 7) is 3.14. The zero-order chi connectivity index (χ0) is 18.5. The van der Waals surface area contributed by atoms with Gasteiger partial charge in [0.25, 0.3) is 0 Å². The first-order valence-corrected chi connectivity index (χ1v) is 9.02. The van der Waals surface area contributed by atoms with Crippen molar-refractivity contribution >= 4 is 29.2 Å². The average molecular weight is 374 g/mol. The fourth-order valence-corrected chi connectivity index (χ4v) is 2.99. The Morgan fingerprint density at radius 1 is 1.19 bits per heavy atom. The summed E-state index contributed by atoms with van der Waals surface area (Å²) in [5.74, 6) is 0.365. The van der Waals surface area contributed by atoms with E-state index in [0.29, 0.717) is 47.3 Å². The summed E-state index contributed by atoms with van der Waals surface area (Å²) >= 11 is 6.22. The number of ether oxygens (including phenoxy) is 2. The molecule has 0 aromatic heterocycles. The van der Waals surface area contributed by atoms with Crippen molar-refractivity contribution in [2.24, 2.45) is 0 Å². The minimum atomic E-state index is -0.526. The van der Waals surface area contributed by atoms with E-state index < -0.39 is 5.97 Å². The molecule has 1 fully saturated rings. The molecule has 6 heteroatoms. The molecule has 0 unspecified atom stereocenters. The zero-order valence-electron chi connectivity index (χ0n) is 14.5. The number of nitrogens with zero attached hydrogens (tertiary/aromatic N) is 1. The first-order valence-electron chi connectivity index (χ1n) is 8.64. The van der Waals surface area contributed by atoms with E-state index in [4.69, 9.17) is 21.1 Å². The molecular weight excluding hydrogens is 354 g/mol. The van der Waals surface area contributed by atoms with Crippen molar-refractivity contribution in [1.29, 1.82) is 0 Å². The predicted molar refractivity (Wildman–Crippen MR) is 100 cm³/mol. The van der Waals surface area contributed by atoms with Gasteiger partial charge in [-0.3, -0.25) is 4.79 Å². The molecule has 1 aliphatic rings. The van der Waals surface area contributed by atoms with E-state index in [1.54, 1.807) is 41.3 Å². The Kier molecular flexibility index (Phi) is 5.78. The van der Waals surface area contributed by atoms with Crippen LogP contribution in [0.3, 0.4) is 0 Å². The first-order chi connectivity index (χ1) is 12.6. The fourth-order valence-electron chi connectivity index (χ4n) is 2.77. The van der Waals surface area contributed by atoms with E-state index in [2.05, 4.69) is 0 Å². The summed E-state index contributed by atoms with van der Waals surface area (Å²) < 4.78 is 11.1. The summed E-state index contributed by atoms with van der Waals surface area (Å²) in [4.78, 5) is 26.2. The Labute approximate surface area is 157 Å². The zero-order valence-corrected chi connectivity index (χ0v) is 15.3. The Hall–Kier alpha value is -2.53. The van der Waals surface area contributed by atoms with E-state index in [1.165, 1.54) is 0 Å². The highest BCUT2D eigenvalue weighted by Crippen LogP contribution is 2.32. The van der Waals surface area contributed by atoms with E-state index >= 15 is 0 Å². The molecule has 1 saturated heterocycles. The number of para-hydroxylation sites is 2.